The maximum absolute atomic E-state index is 13.3. The van der Waals surface area contributed by atoms with Crippen LogP contribution in [0.15, 0.2) is 30.3 Å². The first-order valence-electron chi connectivity index (χ1n) is 11.5. The highest BCUT2D eigenvalue weighted by Crippen LogP contribution is 2.34. The molecule has 2 aliphatic rings. The lowest BCUT2D eigenvalue weighted by Crippen LogP contribution is -2.46. The summed E-state index contributed by atoms with van der Waals surface area (Å²) in [6.45, 7) is 2.78. The Bertz CT molecular complexity index is 1010. The highest BCUT2D eigenvalue weighted by Gasteiger charge is 2.34. The first-order chi connectivity index (χ1) is 15.7. The molecule has 0 unspecified atom stereocenters. The molecule has 2 fully saturated rings. The summed E-state index contributed by atoms with van der Waals surface area (Å²) in [5.41, 5.74) is -0.148. The van der Waals surface area contributed by atoms with E-state index in [2.05, 4.69) is 15.6 Å². The molecule has 0 bridgehead atoms. The molecular formula is C24H29F3N4O2. The molecule has 1 saturated heterocycles. The number of amides is 2. The first-order valence-corrected chi connectivity index (χ1v) is 11.5. The fourth-order valence-electron chi connectivity index (χ4n) is 4.82. The lowest BCUT2D eigenvalue weighted by molar-refractivity contribution is -0.141. The van der Waals surface area contributed by atoms with Gasteiger partial charge in [0, 0.05) is 49.1 Å². The van der Waals surface area contributed by atoms with Crippen LogP contribution in [0.5, 0.6) is 0 Å². The lowest BCUT2D eigenvalue weighted by Gasteiger charge is -2.34. The van der Waals surface area contributed by atoms with Gasteiger partial charge in [0.25, 0.3) is 0 Å². The molecule has 0 radical (unpaired) electrons. The van der Waals surface area contributed by atoms with Gasteiger partial charge >= 0.3 is 6.18 Å². The maximum atomic E-state index is 13.3. The minimum atomic E-state index is -4.51. The molecule has 178 valence electrons. The Kier molecular flexibility index (Phi) is 6.76. The van der Waals surface area contributed by atoms with E-state index >= 15 is 0 Å². The Balaban J connectivity index is 1.33. The van der Waals surface area contributed by atoms with Gasteiger partial charge in [-0.15, -0.1) is 0 Å². The number of carbonyl (C=O) groups is 2. The molecule has 4 rings (SSSR count). The number of pyridine rings is 1. The number of nitrogens with one attached hydrogen (secondary N) is 2. The van der Waals surface area contributed by atoms with Gasteiger partial charge in [0.2, 0.25) is 11.8 Å². The van der Waals surface area contributed by atoms with Crippen molar-refractivity contribution in [3.8, 4) is 0 Å². The summed E-state index contributed by atoms with van der Waals surface area (Å²) >= 11 is 0. The Morgan fingerprint density at radius 2 is 1.64 bits per heavy atom. The summed E-state index contributed by atoms with van der Waals surface area (Å²) in [6, 6.07) is 8.01. The molecule has 1 aromatic heterocycles. The smallest absolute Gasteiger partial charge is 0.382 e. The molecular weight excluding hydrogens is 433 g/mol. The van der Waals surface area contributed by atoms with Crippen LogP contribution in [0.25, 0.3) is 10.9 Å². The number of carbonyl (C=O) groups excluding carboxylic acids is 2. The van der Waals surface area contributed by atoms with E-state index in [0.29, 0.717) is 42.5 Å². The van der Waals surface area contributed by atoms with Gasteiger partial charge in [-0.2, -0.15) is 13.2 Å². The molecule has 1 aliphatic heterocycles. The quantitative estimate of drug-likeness (QED) is 0.709. The van der Waals surface area contributed by atoms with Crippen molar-refractivity contribution in [3.63, 3.8) is 0 Å². The van der Waals surface area contributed by atoms with Crippen molar-refractivity contribution in [1.29, 1.82) is 0 Å². The molecule has 0 atom stereocenters. The number of likely N-dealkylation sites (tertiary alicyclic amines) is 1. The number of alkyl halides is 3. The molecule has 0 spiro atoms. The van der Waals surface area contributed by atoms with Gasteiger partial charge in [-0.25, -0.2) is 4.98 Å². The van der Waals surface area contributed by atoms with E-state index in [4.69, 9.17) is 0 Å². The molecule has 1 saturated carbocycles. The Morgan fingerprint density at radius 3 is 2.27 bits per heavy atom. The van der Waals surface area contributed by atoms with Crippen molar-refractivity contribution in [2.45, 2.75) is 63.7 Å². The summed E-state index contributed by atoms with van der Waals surface area (Å²) in [5, 5.41) is 7.11. The molecule has 1 aromatic carbocycles. The molecule has 1 aliphatic carbocycles. The number of aromatic nitrogens is 1. The van der Waals surface area contributed by atoms with Crippen LogP contribution in [0.2, 0.25) is 0 Å². The zero-order valence-corrected chi connectivity index (χ0v) is 18.6. The van der Waals surface area contributed by atoms with Crippen molar-refractivity contribution < 1.29 is 22.8 Å². The van der Waals surface area contributed by atoms with E-state index in [1.54, 1.807) is 36.1 Å². The highest BCUT2D eigenvalue weighted by atomic mass is 19.4. The lowest BCUT2D eigenvalue weighted by atomic mass is 9.89. The van der Waals surface area contributed by atoms with Gasteiger partial charge in [-0.05, 0) is 50.7 Å². The summed E-state index contributed by atoms with van der Waals surface area (Å²) in [5.74, 6) is 0.0222. The standard InChI is InChI=1S/C24H29F3N4O2/c1-15(32)31-12-10-16(11-13-31)23(33)29-18-8-6-17(7-9-18)28-21-14-22(24(25,26)27)30-20-5-3-2-4-19(20)21/h2-5,14,16-18H,6-13H2,1H3,(H,28,30)(H,29,33). The van der Waals surface area contributed by atoms with Crippen LogP contribution in [0.3, 0.4) is 0 Å². The van der Waals surface area contributed by atoms with Crippen molar-refractivity contribution in [1.82, 2.24) is 15.2 Å². The number of halogens is 3. The molecule has 2 heterocycles. The van der Waals surface area contributed by atoms with Crippen LogP contribution in [0, 0.1) is 5.92 Å². The number of para-hydroxylation sites is 1. The van der Waals surface area contributed by atoms with Crippen molar-refractivity contribution >= 4 is 28.4 Å². The van der Waals surface area contributed by atoms with Crippen LogP contribution in [-0.2, 0) is 15.8 Å². The second-order valence-corrected chi connectivity index (χ2v) is 9.05. The number of nitrogens with zero attached hydrogens (tertiary/aromatic N) is 2. The maximum Gasteiger partial charge on any atom is 0.433 e. The number of hydrogen-bond donors (Lipinski definition) is 2. The number of anilines is 1. The zero-order chi connectivity index (χ0) is 23.6. The number of benzene rings is 1. The van der Waals surface area contributed by atoms with E-state index in [1.807, 2.05) is 0 Å². The minimum absolute atomic E-state index is 0.0313. The van der Waals surface area contributed by atoms with Gasteiger partial charge in [0.05, 0.1) is 5.52 Å². The second kappa shape index (κ2) is 9.57. The van der Waals surface area contributed by atoms with Gasteiger partial charge in [-0.3, -0.25) is 9.59 Å². The third-order valence-electron chi connectivity index (χ3n) is 6.75. The summed E-state index contributed by atoms with van der Waals surface area (Å²) in [7, 11) is 0. The van der Waals surface area contributed by atoms with E-state index in [-0.39, 0.29) is 29.8 Å². The molecule has 2 amide bonds. The minimum Gasteiger partial charge on any atom is -0.382 e. The van der Waals surface area contributed by atoms with Crippen LogP contribution in [-0.4, -0.2) is 46.9 Å². The Labute approximate surface area is 190 Å². The molecule has 2 aromatic rings. The number of piperidine rings is 1. The van der Waals surface area contributed by atoms with Gasteiger partial charge in [0.1, 0.15) is 5.69 Å². The van der Waals surface area contributed by atoms with Crippen LogP contribution in [0.1, 0.15) is 51.1 Å². The number of fused-ring (bicyclic) bond motifs is 1. The average Bonchev–Trinajstić information content (AvgIpc) is 2.79. The number of hydrogen-bond acceptors (Lipinski definition) is 4. The monoisotopic (exact) mass is 462 g/mol. The predicted octanol–water partition coefficient (Wildman–Crippen LogP) is 4.35. The second-order valence-electron chi connectivity index (χ2n) is 9.05. The molecule has 33 heavy (non-hydrogen) atoms. The fraction of sp³-hybridized carbons (Fsp3) is 0.542. The van der Waals surface area contributed by atoms with Crippen molar-refractivity contribution in [2.24, 2.45) is 5.92 Å². The number of rotatable bonds is 4. The van der Waals surface area contributed by atoms with Gasteiger partial charge < -0.3 is 15.5 Å². The molecule has 9 heteroatoms. The van der Waals surface area contributed by atoms with Crippen LogP contribution in [0.4, 0.5) is 18.9 Å². The average molecular weight is 463 g/mol. The largest absolute Gasteiger partial charge is 0.433 e. The Morgan fingerprint density at radius 1 is 1.00 bits per heavy atom. The molecule has 2 N–H and O–H groups in total. The summed E-state index contributed by atoms with van der Waals surface area (Å²) in [6.07, 6.45) is -0.103. The van der Waals surface area contributed by atoms with Gasteiger partial charge in [-0.1, -0.05) is 18.2 Å². The van der Waals surface area contributed by atoms with E-state index < -0.39 is 11.9 Å². The zero-order valence-electron chi connectivity index (χ0n) is 18.6. The first kappa shape index (κ1) is 23.3. The van der Waals surface area contributed by atoms with Crippen LogP contribution >= 0.6 is 0 Å². The van der Waals surface area contributed by atoms with E-state index in [0.717, 1.165) is 31.7 Å². The van der Waals surface area contributed by atoms with Crippen LogP contribution < -0.4 is 10.6 Å². The molecule has 6 nitrogen and oxygen atoms in total. The fourth-order valence-corrected chi connectivity index (χ4v) is 4.82. The normalized spacial score (nSPS) is 22.2. The van der Waals surface area contributed by atoms with E-state index in [1.165, 1.54) is 0 Å². The summed E-state index contributed by atoms with van der Waals surface area (Å²) in [4.78, 5) is 29.6. The summed E-state index contributed by atoms with van der Waals surface area (Å²) < 4.78 is 39.9. The SMILES string of the molecule is CC(=O)N1CCC(C(=O)NC2CCC(Nc3cc(C(F)(F)F)nc4ccccc34)CC2)CC1. The predicted molar refractivity (Wildman–Crippen MR) is 120 cm³/mol. The van der Waals surface area contributed by atoms with E-state index in [9.17, 15) is 22.8 Å². The van der Waals surface area contributed by atoms with Crippen molar-refractivity contribution in [3.05, 3.63) is 36.0 Å². The van der Waals surface area contributed by atoms with Gasteiger partial charge in [0.15, 0.2) is 0 Å². The highest BCUT2D eigenvalue weighted by molar-refractivity contribution is 5.91. The Hall–Kier alpha value is -2.84. The van der Waals surface area contributed by atoms with Crippen molar-refractivity contribution in [2.75, 3.05) is 18.4 Å². The third kappa shape index (κ3) is 5.57. The topological polar surface area (TPSA) is 74.3 Å². The third-order valence-corrected chi connectivity index (χ3v) is 6.75.